The molecule has 13 heavy (non-hydrogen) atoms. The van der Waals surface area contributed by atoms with Crippen molar-refractivity contribution in [2.75, 3.05) is 30.8 Å². The molecule has 0 spiro atoms. The minimum atomic E-state index is 0.584. The van der Waals surface area contributed by atoms with E-state index in [1.54, 1.807) is 0 Å². The summed E-state index contributed by atoms with van der Waals surface area (Å²) >= 11 is 6.00. The lowest BCUT2D eigenvalue weighted by atomic mass is 10.2. The molecule has 0 aliphatic carbocycles. The molecule has 0 fully saturated rings. The van der Waals surface area contributed by atoms with Crippen LogP contribution in [0.25, 0.3) is 0 Å². The van der Waals surface area contributed by atoms with Gasteiger partial charge in [0.2, 0.25) is 0 Å². The fraction of sp³-hybridized carbons (Fsp3) is 0.333. The maximum absolute atomic E-state index is 6.00. The Hall–Kier alpha value is -0.930. The quantitative estimate of drug-likeness (QED) is 0.722. The van der Waals surface area contributed by atoms with Gasteiger partial charge in [0.05, 0.1) is 16.4 Å². The zero-order valence-corrected chi connectivity index (χ0v) is 8.38. The molecule has 3 nitrogen and oxygen atoms in total. The largest absolute Gasteiger partial charge is 0.397 e. The number of halogens is 1. The van der Waals surface area contributed by atoms with Crippen LogP contribution in [0.2, 0.25) is 5.02 Å². The zero-order chi connectivity index (χ0) is 9.84. The molecule has 0 atom stereocenters. The molecule has 0 unspecified atom stereocenters. The van der Waals surface area contributed by atoms with Gasteiger partial charge < -0.3 is 16.4 Å². The van der Waals surface area contributed by atoms with Crippen LogP contribution in [-0.4, -0.2) is 20.1 Å². The van der Waals surface area contributed by atoms with Gasteiger partial charge in [0.15, 0.2) is 0 Å². The molecule has 1 aromatic rings. The van der Waals surface area contributed by atoms with E-state index in [1.807, 2.05) is 30.1 Å². The molecule has 0 saturated carbocycles. The van der Waals surface area contributed by atoms with E-state index in [4.69, 9.17) is 23.1 Å². The molecule has 0 bridgehead atoms. The van der Waals surface area contributed by atoms with Crippen LogP contribution in [0.5, 0.6) is 0 Å². The summed E-state index contributed by atoms with van der Waals surface area (Å²) in [5.74, 6) is 0. The topological polar surface area (TPSA) is 55.3 Å². The average molecular weight is 200 g/mol. The number of hydrogen-bond donors (Lipinski definition) is 2. The highest BCUT2D eigenvalue weighted by Crippen LogP contribution is 2.30. The van der Waals surface area contributed by atoms with Gasteiger partial charge in [-0.2, -0.15) is 0 Å². The predicted molar refractivity (Wildman–Crippen MR) is 58.2 cm³/mol. The number of hydrogen-bond acceptors (Lipinski definition) is 3. The van der Waals surface area contributed by atoms with Crippen LogP contribution in [0.3, 0.4) is 0 Å². The number of nitrogens with two attached hydrogens (primary N) is 2. The predicted octanol–water partition coefficient (Wildman–Crippen LogP) is 1.32. The second-order valence-corrected chi connectivity index (χ2v) is 3.30. The second kappa shape index (κ2) is 4.35. The van der Waals surface area contributed by atoms with Gasteiger partial charge in [0.25, 0.3) is 0 Å². The SMILES string of the molecule is CN(CCN)c1c(N)cccc1Cl. The number of nitrogens with zero attached hydrogens (tertiary/aromatic N) is 1. The summed E-state index contributed by atoms with van der Waals surface area (Å²) in [5.41, 5.74) is 12.8. The minimum absolute atomic E-state index is 0.584. The summed E-state index contributed by atoms with van der Waals surface area (Å²) in [6.07, 6.45) is 0. The molecule has 0 amide bonds. The summed E-state index contributed by atoms with van der Waals surface area (Å²) in [4.78, 5) is 1.96. The van der Waals surface area contributed by atoms with Crippen molar-refractivity contribution in [3.63, 3.8) is 0 Å². The van der Waals surface area contributed by atoms with E-state index in [2.05, 4.69) is 0 Å². The average Bonchev–Trinajstić information content (AvgIpc) is 2.04. The number of likely N-dealkylation sites (N-methyl/N-ethyl adjacent to an activating group) is 1. The van der Waals surface area contributed by atoms with Crippen LogP contribution >= 0.6 is 11.6 Å². The molecule has 0 saturated heterocycles. The lowest BCUT2D eigenvalue weighted by molar-refractivity contribution is 0.887. The molecule has 0 aromatic heterocycles. The zero-order valence-electron chi connectivity index (χ0n) is 7.63. The highest BCUT2D eigenvalue weighted by molar-refractivity contribution is 6.33. The normalized spacial score (nSPS) is 10.1. The Bertz CT molecular complexity index is 268. The van der Waals surface area contributed by atoms with Crippen molar-refractivity contribution in [2.45, 2.75) is 0 Å². The molecular formula is C9H14ClN3. The summed E-state index contributed by atoms with van der Waals surface area (Å²) in [6.45, 7) is 1.33. The fourth-order valence-electron chi connectivity index (χ4n) is 1.24. The van der Waals surface area contributed by atoms with Crippen LogP contribution in [0.1, 0.15) is 0 Å². The third-order valence-corrected chi connectivity index (χ3v) is 2.17. The van der Waals surface area contributed by atoms with Gasteiger partial charge in [0.1, 0.15) is 0 Å². The highest BCUT2D eigenvalue weighted by Gasteiger charge is 2.08. The first-order valence-electron chi connectivity index (χ1n) is 4.12. The van der Waals surface area contributed by atoms with E-state index in [-0.39, 0.29) is 0 Å². The fourth-order valence-corrected chi connectivity index (χ4v) is 1.57. The van der Waals surface area contributed by atoms with E-state index in [1.165, 1.54) is 0 Å². The van der Waals surface area contributed by atoms with Crippen molar-refractivity contribution < 1.29 is 0 Å². The van der Waals surface area contributed by atoms with Gasteiger partial charge in [-0.05, 0) is 12.1 Å². The van der Waals surface area contributed by atoms with Crippen LogP contribution in [0.4, 0.5) is 11.4 Å². The molecule has 1 rings (SSSR count). The Labute approximate surface area is 83.3 Å². The van der Waals surface area contributed by atoms with Crippen LogP contribution < -0.4 is 16.4 Å². The van der Waals surface area contributed by atoms with Crippen molar-refractivity contribution in [1.82, 2.24) is 0 Å². The lowest BCUT2D eigenvalue weighted by Crippen LogP contribution is -2.25. The van der Waals surface area contributed by atoms with Crippen molar-refractivity contribution >= 4 is 23.0 Å². The van der Waals surface area contributed by atoms with Crippen molar-refractivity contribution in [3.8, 4) is 0 Å². The van der Waals surface area contributed by atoms with Crippen LogP contribution in [0, 0.1) is 0 Å². The number of nitrogen functional groups attached to an aromatic ring is 1. The Morgan fingerprint density at radius 1 is 1.46 bits per heavy atom. The van der Waals surface area contributed by atoms with Crippen molar-refractivity contribution in [3.05, 3.63) is 23.2 Å². The number of benzene rings is 1. The van der Waals surface area contributed by atoms with E-state index in [9.17, 15) is 0 Å². The van der Waals surface area contributed by atoms with Crippen molar-refractivity contribution in [1.29, 1.82) is 0 Å². The molecule has 72 valence electrons. The first-order chi connectivity index (χ1) is 6.16. The number of anilines is 2. The van der Waals surface area contributed by atoms with E-state index in [0.717, 1.165) is 12.2 Å². The van der Waals surface area contributed by atoms with Gasteiger partial charge >= 0.3 is 0 Å². The molecular weight excluding hydrogens is 186 g/mol. The number of para-hydroxylation sites is 1. The minimum Gasteiger partial charge on any atom is -0.397 e. The van der Waals surface area contributed by atoms with Crippen LogP contribution in [0.15, 0.2) is 18.2 Å². The van der Waals surface area contributed by atoms with E-state index < -0.39 is 0 Å². The van der Waals surface area contributed by atoms with E-state index >= 15 is 0 Å². The maximum atomic E-state index is 6.00. The van der Waals surface area contributed by atoms with Crippen molar-refractivity contribution in [2.24, 2.45) is 5.73 Å². The summed E-state index contributed by atoms with van der Waals surface area (Å²) in [6, 6.07) is 5.48. The first-order valence-corrected chi connectivity index (χ1v) is 4.49. The molecule has 1 aromatic carbocycles. The van der Waals surface area contributed by atoms with Gasteiger partial charge in [-0.3, -0.25) is 0 Å². The summed E-state index contributed by atoms with van der Waals surface area (Å²) < 4.78 is 0. The smallest absolute Gasteiger partial charge is 0.0786 e. The maximum Gasteiger partial charge on any atom is 0.0786 e. The molecule has 0 aliphatic rings. The lowest BCUT2D eigenvalue weighted by Gasteiger charge is -2.21. The Balaban J connectivity index is 2.98. The summed E-state index contributed by atoms with van der Waals surface area (Å²) in [7, 11) is 1.92. The third-order valence-electron chi connectivity index (χ3n) is 1.86. The molecule has 4 heteroatoms. The molecule has 4 N–H and O–H groups in total. The van der Waals surface area contributed by atoms with Gasteiger partial charge in [-0.1, -0.05) is 17.7 Å². The van der Waals surface area contributed by atoms with Crippen LogP contribution in [-0.2, 0) is 0 Å². The molecule has 0 aliphatic heterocycles. The monoisotopic (exact) mass is 199 g/mol. The second-order valence-electron chi connectivity index (χ2n) is 2.89. The Morgan fingerprint density at radius 3 is 2.69 bits per heavy atom. The van der Waals surface area contributed by atoms with Gasteiger partial charge in [-0.25, -0.2) is 0 Å². The molecule has 0 heterocycles. The third kappa shape index (κ3) is 2.26. The van der Waals surface area contributed by atoms with Gasteiger partial charge in [-0.15, -0.1) is 0 Å². The standard InChI is InChI=1S/C9H14ClN3/c1-13(6-5-11)9-7(10)3-2-4-8(9)12/h2-4H,5-6,11-12H2,1H3. The molecule has 0 radical (unpaired) electrons. The van der Waals surface area contributed by atoms with Gasteiger partial charge in [0, 0.05) is 20.1 Å². The number of rotatable bonds is 3. The first kappa shape index (κ1) is 10.2. The Morgan fingerprint density at radius 2 is 2.15 bits per heavy atom. The van der Waals surface area contributed by atoms with E-state index in [0.29, 0.717) is 17.3 Å². The Kier molecular flexibility index (Phi) is 3.39. The summed E-state index contributed by atoms with van der Waals surface area (Å²) in [5, 5.41) is 0.663. The highest BCUT2D eigenvalue weighted by atomic mass is 35.5.